The Hall–Kier alpha value is -0.690. The molecule has 2 aliphatic rings. The van der Waals surface area contributed by atoms with Crippen LogP contribution in [0, 0.1) is 11.3 Å². The highest BCUT2D eigenvalue weighted by Crippen LogP contribution is 2.71. The van der Waals surface area contributed by atoms with Crippen molar-refractivity contribution in [1.29, 1.82) is 0 Å². The van der Waals surface area contributed by atoms with E-state index < -0.39 is 31.1 Å². The summed E-state index contributed by atoms with van der Waals surface area (Å²) in [5, 5.41) is 31.0. The summed E-state index contributed by atoms with van der Waals surface area (Å²) in [5.41, 5.74) is 6.64. The first-order chi connectivity index (χ1) is 16.6. The summed E-state index contributed by atoms with van der Waals surface area (Å²) in [5.74, 6) is 1.12. The first-order valence-electron chi connectivity index (χ1n) is 11.4. The molecule has 35 heavy (non-hydrogen) atoms. The van der Waals surface area contributed by atoms with Gasteiger partial charge in [-0.1, -0.05) is 0 Å². The number of nitrogens with zero attached hydrogens (tertiary/aromatic N) is 2. The standard InChI is InChI=1S/C21H31ClN4O6PS2/c1-10(27)34-5-3-31-11(2)35-6-4-32-33(30)9-21-7-13(21)14(17(28)18(21)29)12-8-24-16-15(12)25-20(22)26-19(16)23/h8,10-11,13-14,17-18,24,27-29H,3-7,9H2,1-2H3,(H2,23,25,26)/q+1/t10?,11?,13-,14-,17+,18+,21-/m1/s1. The zero-order valence-corrected chi connectivity index (χ0v) is 22.7. The highest BCUT2D eigenvalue weighted by atomic mass is 35.5. The lowest BCUT2D eigenvalue weighted by molar-refractivity contribution is -0.00390. The van der Waals surface area contributed by atoms with Crippen LogP contribution in [-0.2, 0) is 13.8 Å². The van der Waals surface area contributed by atoms with Crippen LogP contribution >= 0.6 is 43.2 Å². The minimum Gasteiger partial charge on any atom is -0.390 e. The molecular formula is C21H31ClN4O6PS2+. The minimum atomic E-state index is -2.00. The van der Waals surface area contributed by atoms with Crippen molar-refractivity contribution in [3.05, 3.63) is 17.0 Å². The molecule has 3 unspecified atom stereocenters. The molecule has 0 bridgehead atoms. The Morgan fingerprint density at radius 1 is 1.31 bits per heavy atom. The number of hydrogen-bond donors (Lipinski definition) is 5. The Labute approximate surface area is 218 Å². The van der Waals surface area contributed by atoms with Crippen molar-refractivity contribution in [2.75, 3.05) is 36.6 Å². The zero-order valence-electron chi connectivity index (χ0n) is 19.5. The van der Waals surface area contributed by atoms with Gasteiger partial charge >= 0.3 is 8.03 Å². The maximum Gasteiger partial charge on any atom is 0.508 e. The predicted molar refractivity (Wildman–Crippen MR) is 139 cm³/mol. The molecule has 194 valence electrons. The third-order valence-corrected chi connectivity index (χ3v) is 10.1. The van der Waals surface area contributed by atoms with E-state index in [1.165, 1.54) is 11.8 Å². The second kappa shape index (κ2) is 11.4. The minimum absolute atomic E-state index is 0.0126. The van der Waals surface area contributed by atoms with Crippen LogP contribution in [0.5, 0.6) is 0 Å². The van der Waals surface area contributed by atoms with Gasteiger partial charge in [0, 0.05) is 34.6 Å². The van der Waals surface area contributed by atoms with E-state index in [0.717, 1.165) is 11.3 Å². The number of anilines is 1. The number of H-pyrrole nitrogens is 1. The van der Waals surface area contributed by atoms with Crippen molar-refractivity contribution in [2.24, 2.45) is 11.3 Å². The summed E-state index contributed by atoms with van der Waals surface area (Å²) >= 11 is 8.97. The van der Waals surface area contributed by atoms with Crippen molar-refractivity contribution in [3.8, 4) is 0 Å². The fraction of sp³-hybridized carbons (Fsp3) is 0.714. The molecule has 2 aromatic heterocycles. The van der Waals surface area contributed by atoms with Crippen molar-refractivity contribution in [2.45, 2.75) is 49.3 Å². The van der Waals surface area contributed by atoms with Gasteiger partial charge in [0.2, 0.25) is 5.28 Å². The summed E-state index contributed by atoms with van der Waals surface area (Å²) in [7, 11) is -2.00. The van der Waals surface area contributed by atoms with Crippen LogP contribution in [0.3, 0.4) is 0 Å². The SMILES string of the molecule is CC(O)SCCOC(C)SCCO[P+](=O)C[C@]12C[C@@H]1[C@@H](c1c[nH]c3c(N)nc(Cl)nc13)[C@H](O)[C@@H]2O. The summed E-state index contributed by atoms with van der Waals surface area (Å²) in [6.07, 6.45) is 0.524. The average Bonchev–Trinajstić information content (AvgIpc) is 3.26. The van der Waals surface area contributed by atoms with Crippen LogP contribution in [-0.4, -0.2) is 84.2 Å². The Balaban J connectivity index is 1.28. The van der Waals surface area contributed by atoms with E-state index >= 15 is 0 Å². The first-order valence-corrected chi connectivity index (χ1v) is 15.2. The Morgan fingerprint density at radius 2 is 2.06 bits per heavy atom. The Kier molecular flexibility index (Phi) is 8.88. The smallest absolute Gasteiger partial charge is 0.390 e. The van der Waals surface area contributed by atoms with Gasteiger partial charge in [-0.05, 0) is 42.4 Å². The van der Waals surface area contributed by atoms with Gasteiger partial charge in [0.25, 0.3) is 0 Å². The number of ether oxygens (including phenoxy) is 1. The van der Waals surface area contributed by atoms with Crippen molar-refractivity contribution in [1.82, 2.24) is 15.0 Å². The second-order valence-corrected chi connectivity index (χ2v) is 13.4. The molecule has 2 fully saturated rings. The zero-order chi connectivity index (χ0) is 25.3. The fourth-order valence-electron chi connectivity index (χ4n) is 5.02. The van der Waals surface area contributed by atoms with Crippen molar-refractivity contribution in [3.63, 3.8) is 0 Å². The van der Waals surface area contributed by atoms with Gasteiger partial charge in [0.05, 0.1) is 29.8 Å². The molecule has 6 N–H and O–H groups in total. The summed E-state index contributed by atoms with van der Waals surface area (Å²) in [4.78, 5) is 11.3. The summed E-state index contributed by atoms with van der Waals surface area (Å²) in [6, 6.07) is 0. The highest BCUT2D eigenvalue weighted by molar-refractivity contribution is 8.00. The lowest BCUT2D eigenvalue weighted by Crippen LogP contribution is -2.33. The number of hydrogen-bond acceptors (Lipinski definition) is 11. The molecule has 10 nitrogen and oxygen atoms in total. The van der Waals surface area contributed by atoms with E-state index in [1.54, 1.807) is 24.9 Å². The number of aromatic nitrogens is 3. The molecule has 0 radical (unpaired) electrons. The molecule has 8 atom stereocenters. The molecule has 2 aromatic rings. The van der Waals surface area contributed by atoms with Gasteiger partial charge in [0.15, 0.2) is 12.0 Å². The average molecular weight is 566 g/mol. The normalized spacial score (nSPS) is 29.8. The number of halogens is 1. The molecule has 4 rings (SSSR count). The Morgan fingerprint density at radius 3 is 2.80 bits per heavy atom. The largest absolute Gasteiger partial charge is 0.508 e. The third-order valence-electron chi connectivity index (χ3n) is 6.70. The number of aliphatic hydroxyl groups is 3. The maximum atomic E-state index is 12.7. The third kappa shape index (κ3) is 5.91. The van der Waals surface area contributed by atoms with Crippen molar-refractivity contribution < 1.29 is 29.1 Å². The number of fused-ring (bicyclic) bond motifs is 2. The van der Waals surface area contributed by atoms with Crippen LogP contribution in [0.1, 0.15) is 31.7 Å². The molecule has 0 saturated heterocycles. The van der Waals surface area contributed by atoms with E-state index in [9.17, 15) is 19.9 Å². The number of nitrogens with one attached hydrogen (secondary N) is 1. The van der Waals surface area contributed by atoms with Crippen LogP contribution in [0.4, 0.5) is 5.82 Å². The number of aromatic amines is 1. The van der Waals surface area contributed by atoms with Gasteiger partial charge in [-0.3, -0.25) is 0 Å². The van der Waals surface area contributed by atoms with Gasteiger partial charge in [0.1, 0.15) is 17.6 Å². The Bertz CT molecular complexity index is 1060. The number of nitrogens with two attached hydrogens (primary N) is 1. The molecule has 2 heterocycles. The van der Waals surface area contributed by atoms with Crippen LogP contribution in [0.15, 0.2) is 6.20 Å². The van der Waals surface area contributed by atoms with Gasteiger partial charge in [-0.2, -0.15) is 4.98 Å². The monoisotopic (exact) mass is 565 g/mol. The molecule has 0 aromatic carbocycles. The topological polar surface area (TPSA) is 164 Å². The van der Waals surface area contributed by atoms with Crippen LogP contribution in [0.2, 0.25) is 5.28 Å². The van der Waals surface area contributed by atoms with E-state index in [-0.39, 0.29) is 34.5 Å². The number of aliphatic hydroxyl groups excluding tert-OH is 3. The van der Waals surface area contributed by atoms with Crippen LogP contribution in [0.25, 0.3) is 11.0 Å². The van der Waals surface area contributed by atoms with E-state index in [2.05, 4.69) is 15.0 Å². The molecule has 14 heteroatoms. The van der Waals surface area contributed by atoms with Crippen molar-refractivity contribution >= 4 is 60.0 Å². The van der Waals surface area contributed by atoms with Gasteiger partial charge in [-0.15, -0.1) is 28.0 Å². The summed E-state index contributed by atoms with van der Waals surface area (Å²) < 4.78 is 23.9. The lowest BCUT2D eigenvalue weighted by atomic mass is 9.92. The molecule has 0 spiro atoms. The van der Waals surface area contributed by atoms with E-state index in [1.807, 2.05) is 6.92 Å². The quantitative estimate of drug-likeness (QED) is 0.105. The van der Waals surface area contributed by atoms with E-state index in [4.69, 9.17) is 26.6 Å². The molecule has 2 saturated carbocycles. The molecule has 2 aliphatic carbocycles. The molecular weight excluding hydrogens is 535 g/mol. The number of rotatable bonds is 13. The summed E-state index contributed by atoms with van der Waals surface area (Å²) in [6.45, 7) is 4.51. The molecule has 0 amide bonds. The highest BCUT2D eigenvalue weighted by Gasteiger charge is 2.74. The van der Waals surface area contributed by atoms with Gasteiger partial charge < -0.3 is 30.8 Å². The predicted octanol–water partition coefficient (Wildman–Crippen LogP) is 2.95. The second-order valence-electron chi connectivity index (χ2n) is 8.95. The van der Waals surface area contributed by atoms with Gasteiger partial charge in [-0.25, -0.2) is 4.98 Å². The fourth-order valence-corrected chi connectivity index (χ4v) is 7.97. The molecule has 0 aliphatic heterocycles. The van der Waals surface area contributed by atoms with Crippen LogP contribution < -0.4 is 5.73 Å². The lowest BCUT2D eigenvalue weighted by Gasteiger charge is -2.21. The van der Waals surface area contributed by atoms with E-state index in [0.29, 0.717) is 36.4 Å². The first kappa shape index (κ1) is 27.3. The number of thioether (sulfide) groups is 2. The maximum absolute atomic E-state index is 12.7. The number of nitrogen functional groups attached to an aromatic ring is 1.